The molecule has 0 radical (unpaired) electrons. The zero-order valence-electron chi connectivity index (χ0n) is 12.9. The molecular weight excluding hydrogens is 435 g/mol. The maximum absolute atomic E-state index is 12.2. The number of nitrogens with zero attached hydrogens (tertiary/aromatic N) is 1. The summed E-state index contributed by atoms with van der Waals surface area (Å²) in [6.45, 7) is 0.130. The maximum Gasteiger partial charge on any atom is 0.284 e. The Kier molecular flexibility index (Phi) is 4.31. The first-order chi connectivity index (χ1) is 12.2. The van der Waals surface area contributed by atoms with E-state index in [0.717, 1.165) is 14.5 Å². The van der Waals surface area contributed by atoms with E-state index in [1.165, 1.54) is 6.21 Å². The van der Waals surface area contributed by atoms with E-state index in [9.17, 15) is 4.79 Å². The summed E-state index contributed by atoms with van der Waals surface area (Å²) in [6.07, 6.45) is 0.674. The molecule has 0 fully saturated rings. The molecule has 1 atom stereocenters. The molecule has 2 heterocycles. The van der Waals surface area contributed by atoms with Crippen LogP contribution in [0, 0.1) is 3.77 Å². The van der Waals surface area contributed by atoms with E-state index in [0.29, 0.717) is 17.3 Å². The summed E-state index contributed by atoms with van der Waals surface area (Å²) in [5, 5.41) is 5.96. The van der Waals surface area contributed by atoms with E-state index in [2.05, 4.69) is 33.1 Å². The van der Waals surface area contributed by atoms with Gasteiger partial charge >= 0.3 is 0 Å². The lowest BCUT2D eigenvalue weighted by molar-refractivity contribution is -0.130. The van der Waals surface area contributed by atoms with Crippen LogP contribution in [-0.2, 0) is 4.79 Å². The van der Waals surface area contributed by atoms with Gasteiger partial charge in [0.25, 0.3) is 5.91 Å². The van der Waals surface area contributed by atoms with Gasteiger partial charge in [-0.15, -0.1) is 0 Å². The summed E-state index contributed by atoms with van der Waals surface area (Å²) in [7, 11) is 0. The molecule has 1 amide bonds. The molecule has 0 saturated carbocycles. The summed E-state index contributed by atoms with van der Waals surface area (Å²) >= 11 is 2.05. The van der Waals surface area contributed by atoms with Gasteiger partial charge in [0, 0.05) is 0 Å². The molecule has 25 heavy (non-hydrogen) atoms. The topological polar surface area (TPSA) is 73.1 Å². The van der Waals surface area contributed by atoms with Crippen LogP contribution in [0.1, 0.15) is 5.76 Å². The van der Waals surface area contributed by atoms with Gasteiger partial charge in [-0.25, -0.2) is 5.43 Å². The predicted molar refractivity (Wildman–Crippen MR) is 101 cm³/mol. The Hall–Kier alpha value is -2.55. The zero-order chi connectivity index (χ0) is 17.2. The van der Waals surface area contributed by atoms with Gasteiger partial charge in [-0.2, -0.15) is 5.10 Å². The number of hydrogen-bond donors (Lipinski definition) is 1. The van der Waals surface area contributed by atoms with Crippen LogP contribution in [-0.4, -0.2) is 24.8 Å². The Balaban J connectivity index is 1.45. The summed E-state index contributed by atoms with van der Waals surface area (Å²) in [5.41, 5.74) is 2.44. The van der Waals surface area contributed by atoms with E-state index in [4.69, 9.17) is 13.9 Å². The van der Waals surface area contributed by atoms with Crippen molar-refractivity contribution in [2.24, 2.45) is 5.10 Å². The number of carbonyl (C=O) groups is 1. The van der Waals surface area contributed by atoms with Crippen LogP contribution in [0.4, 0.5) is 0 Å². The van der Waals surface area contributed by atoms with Gasteiger partial charge in [0.2, 0.25) is 6.10 Å². The molecule has 1 unspecified atom stereocenters. The van der Waals surface area contributed by atoms with Crippen LogP contribution in [0.2, 0.25) is 0 Å². The Labute approximate surface area is 156 Å². The SMILES string of the molecule is O=C(N/N=C\c1ccc(I)o1)C1COc2cc3ccccc3cc2O1. The Morgan fingerprint density at radius 1 is 1.16 bits per heavy atom. The Bertz CT molecular complexity index is 967. The molecule has 7 heteroatoms. The average Bonchev–Trinajstić information content (AvgIpc) is 3.04. The van der Waals surface area contributed by atoms with Crippen LogP contribution in [0.3, 0.4) is 0 Å². The number of ether oxygens (including phenoxy) is 2. The van der Waals surface area contributed by atoms with Gasteiger partial charge in [0.05, 0.1) is 6.21 Å². The lowest BCUT2D eigenvalue weighted by atomic mass is 10.1. The number of fused-ring (bicyclic) bond motifs is 2. The van der Waals surface area contributed by atoms with Crippen LogP contribution in [0.15, 0.2) is 58.0 Å². The van der Waals surface area contributed by atoms with Crippen molar-refractivity contribution >= 4 is 45.5 Å². The Morgan fingerprint density at radius 3 is 2.64 bits per heavy atom. The molecule has 0 saturated heterocycles. The number of hydrazone groups is 1. The molecule has 1 N–H and O–H groups in total. The molecule has 3 aromatic rings. The van der Waals surface area contributed by atoms with Gasteiger partial charge in [-0.3, -0.25) is 4.79 Å². The highest BCUT2D eigenvalue weighted by Crippen LogP contribution is 2.35. The van der Waals surface area contributed by atoms with Crippen LogP contribution < -0.4 is 14.9 Å². The molecule has 1 aliphatic rings. The first kappa shape index (κ1) is 15.9. The molecule has 0 aliphatic carbocycles. The Morgan fingerprint density at radius 2 is 1.92 bits per heavy atom. The number of nitrogens with one attached hydrogen (secondary N) is 1. The van der Waals surface area contributed by atoms with Gasteiger partial charge in [-0.05, 0) is 57.6 Å². The van der Waals surface area contributed by atoms with E-state index in [1.54, 1.807) is 6.07 Å². The molecule has 0 spiro atoms. The number of carbonyl (C=O) groups excluding carboxylic acids is 1. The molecule has 4 rings (SSSR count). The lowest BCUT2D eigenvalue weighted by Crippen LogP contribution is -2.42. The highest BCUT2D eigenvalue weighted by atomic mass is 127. The second-order valence-corrected chi connectivity index (χ2v) is 6.50. The number of benzene rings is 2. The summed E-state index contributed by atoms with van der Waals surface area (Å²) < 4.78 is 17.5. The number of furan rings is 1. The standard InChI is InChI=1S/C18H13IN2O4/c19-17-6-5-13(24-17)9-20-21-18(22)16-10-23-14-7-11-3-1-2-4-12(11)8-15(14)25-16/h1-9,16H,10H2,(H,21,22)/b20-9-. The number of halogens is 1. The fourth-order valence-corrected chi connectivity index (χ4v) is 2.95. The lowest BCUT2D eigenvalue weighted by Gasteiger charge is -2.25. The van der Waals surface area contributed by atoms with Crippen molar-refractivity contribution in [3.05, 3.63) is 58.1 Å². The minimum Gasteiger partial charge on any atom is -0.485 e. The smallest absolute Gasteiger partial charge is 0.284 e. The van der Waals surface area contributed by atoms with Gasteiger partial charge in [0.1, 0.15) is 12.4 Å². The number of hydrogen-bond acceptors (Lipinski definition) is 5. The third-order valence-corrected chi connectivity index (χ3v) is 4.30. The maximum atomic E-state index is 12.2. The second kappa shape index (κ2) is 6.75. The second-order valence-electron chi connectivity index (χ2n) is 5.44. The molecule has 6 nitrogen and oxygen atoms in total. The fourth-order valence-electron chi connectivity index (χ4n) is 2.51. The first-order valence-electron chi connectivity index (χ1n) is 7.59. The van der Waals surface area contributed by atoms with Crippen molar-refractivity contribution in [1.82, 2.24) is 5.43 Å². The minimum absolute atomic E-state index is 0.130. The van der Waals surface area contributed by atoms with Crippen molar-refractivity contribution in [3.8, 4) is 11.5 Å². The van der Waals surface area contributed by atoms with E-state index in [1.807, 2.05) is 42.5 Å². The predicted octanol–water partition coefficient (Wildman–Crippen LogP) is 3.33. The fraction of sp³-hybridized carbons (Fsp3) is 0.111. The average molecular weight is 448 g/mol. The molecule has 1 aromatic heterocycles. The highest BCUT2D eigenvalue weighted by molar-refractivity contribution is 14.1. The van der Waals surface area contributed by atoms with Crippen molar-refractivity contribution < 1.29 is 18.7 Å². The third-order valence-electron chi connectivity index (χ3n) is 3.72. The zero-order valence-corrected chi connectivity index (χ0v) is 15.1. The van der Waals surface area contributed by atoms with Crippen molar-refractivity contribution in [1.29, 1.82) is 0 Å². The quantitative estimate of drug-likeness (QED) is 0.379. The van der Waals surface area contributed by atoms with E-state index >= 15 is 0 Å². The van der Waals surface area contributed by atoms with Gasteiger partial charge < -0.3 is 13.9 Å². The van der Waals surface area contributed by atoms with Crippen LogP contribution in [0.5, 0.6) is 11.5 Å². The highest BCUT2D eigenvalue weighted by Gasteiger charge is 2.27. The van der Waals surface area contributed by atoms with E-state index in [-0.39, 0.29) is 12.5 Å². The normalized spacial score (nSPS) is 16.3. The number of amides is 1. The molecule has 2 aromatic carbocycles. The first-order valence-corrected chi connectivity index (χ1v) is 8.67. The van der Waals surface area contributed by atoms with Crippen LogP contribution in [0.25, 0.3) is 10.8 Å². The summed E-state index contributed by atoms with van der Waals surface area (Å²) in [4.78, 5) is 12.2. The van der Waals surface area contributed by atoms with Crippen LogP contribution >= 0.6 is 22.6 Å². The van der Waals surface area contributed by atoms with Crippen molar-refractivity contribution in [2.75, 3.05) is 6.61 Å². The monoisotopic (exact) mass is 448 g/mol. The summed E-state index contributed by atoms with van der Waals surface area (Å²) in [6, 6.07) is 15.3. The minimum atomic E-state index is -0.762. The van der Waals surface area contributed by atoms with Gasteiger partial charge in [0.15, 0.2) is 15.3 Å². The molecule has 126 valence electrons. The van der Waals surface area contributed by atoms with E-state index < -0.39 is 6.10 Å². The summed E-state index contributed by atoms with van der Waals surface area (Å²) in [5.74, 6) is 1.37. The van der Waals surface area contributed by atoms with Crippen molar-refractivity contribution in [2.45, 2.75) is 6.10 Å². The molecule has 0 bridgehead atoms. The molecular formula is C18H13IN2O4. The molecule has 1 aliphatic heterocycles. The third kappa shape index (κ3) is 3.46. The van der Waals surface area contributed by atoms with Crippen molar-refractivity contribution in [3.63, 3.8) is 0 Å². The van der Waals surface area contributed by atoms with Gasteiger partial charge in [-0.1, -0.05) is 24.3 Å². The largest absolute Gasteiger partial charge is 0.485 e. The number of rotatable bonds is 3.